The highest BCUT2D eigenvalue weighted by Crippen LogP contribution is 2.21. The van der Waals surface area contributed by atoms with E-state index in [1.54, 1.807) is 0 Å². The number of hydrogen-bond donors (Lipinski definition) is 1. The summed E-state index contributed by atoms with van der Waals surface area (Å²) in [5.74, 6) is -1.09. The van der Waals surface area contributed by atoms with Crippen molar-refractivity contribution in [3.63, 3.8) is 0 Å². The van der Waals surface area contributed by atoms with Crippen LogP contribution in [-0.4, -0.2) is 6.54 Å². The maximum absolute atomic E-state index is 13.3. The van der Waals surface area contributed by atoms with Gasteiger partial charge in [-0.2, -0.15) is 5.26 Å². The molecule has 1 aromatic rings. The second-order valence-electron chi connectivity index (χ2n) is 5.16. The third kappa shape index (κ3) is 4.80. The van der Waals surface area contributed by atoms with Crippen molar-refractivity contribution < 1.29 is 8.78 Å². The van der Waals surface area contributed by atoms with Crippen molar-refractivity contribution >= 4 is 0 Å². The first kappa shape index (κ1) is 14.6. The molecule has 1 aromatic carbocycles. The average Bonchev–Trinajstić information content (AvgIpc) is 2.29. The Bertz CT molecular complexity index is 436. The molecule has 2 nitrogen and oxygen atoms in total. The highest BCUT2D eigenvalue weighted by Gasteiger charge is 2.16. The molecule has 0 aromatic heterocycles. The minimum absolute atomic E-state index is 0.00770. The Morgan fingerprint density at radius 2 is 2.06 bits per heavy atom. The average molecular weight is 252 g/mol. The van der Waals surface area contributed by atoms with Gasteiger partial charge in [0, 0.05) is 31.1 Å². The summed E-state index contributed by atoms with van der Waals surface area (Å²) in [4.78, 5) is 0. The van der Waals surface area contributed by atoms with Crippen LogP contribution < -0.4 is 5.32 Å². The van der Waals surface area contributed by atoms with Gasteiger partial charge in [0.05, 0.1) is 6.07 Å². The SMILES string of the molecule is CC(C)(CCC#N)CNCc1ccc(F)cc1F. The fraction of sp³-hybridized carbons (Fsp3) is 0.500. The molecule has 0 unspecified atom stereocenters. The number of hydrogen-bond acceptors (Lipinski definition) is 2. The summed E-state index contributed by atoms with van der Waals surface area (Å²) in [5, 5.41) is 11.7. The summed E-state index contributed by atoms with van der Waals surface area (Å²) in [6.45, 7) is 5.16. The van der Waals surface area contributed by atoms with E-state index < -0.39 is 11.6 Å². The van der Waals surface area contributed by atoms with Gasteiger partial charge in [-0.05, 0) is 17.9 Å². The van der Waals surface area contributed by atoms with Crippen LogP contribution in [0, 0.1) is 28.4 Å². The Labute approximate surface area is 107 Å². The van der Waals surface area contributed by atoms with Crippen LogP contribution >= 0.6 is 0 Å². The normalized spacial score (nSPS) is 11.3. The van der Waals surface area contributed by atoms with Crippen LogP contribution in [0.25, 0.3) is 0 Å². The quantitative estimate of drug-likeness (QED) is 0.842. The van der Waals surface area contributed by atoms with Gasteiger partial charge in [-0.15, -0.1) is 0 Å². The molecule has 18 heavy (non-hydrogen) atoms. The van der Waals surface area contributed by atoms with Crippen LogP contribution in [0.2, 0.25) is 0 Å². The molecule has 4 heteroatoms. The molecule has 0 spiro atoms. The zero-order valence-corrected chi connectivity index (χ0v) is 10.8. The summed E-state index contributed by atoms with van der Waals surface area (Å²) >= 11 is 0. The molecule has 0 amide bonds. The van der Waals surface area contributed by atoms with Gasteiger partial charge in [0.2, 0.25) is 0 Å². The topological polar surface area (TPSA) is 35.8 Å². The maximum atomic E-state index is 13.3. The maximum Gasteiger partial charge on any atom is 0.130 e. The highest BCUT2D eigenvalue weighted by molar-refractivity contribution is 5.18. The van der Waals surface area contributed by atoms with Crippen LogP contribution in [0.1, 0.15) is 32.3 Å². The number of nitrogens with one attached hydrogen (secondary N) is 1. The lowest BCUT2D eigenvalue weighted by atomic mass is 9.88. The Hall–Kier alpha value is -1.47. The summed E-state index contributed by atoms with van der Waals surface area (Å²) in [5.41, 5.74) is 0.444. The number of halogens is 2. The Kier molecular flexibility index (Phi) is 5.24. The Balaban J connectivity index is 2.44. The molecular weight excluding hydrogens is 234 g/mol. The van der Waals surface area contributed by atoms with Crippen molar-refractivity contribution in [2.75, 3.05) is 6.54 Å². The Morgan fingerprint density at radius 3 is 2.67 bits per heavy atom. The van der Waals surface area contributed by atoms with Crippen LogP contribution in [-0.2, 0) is 6.54 Å². The van der Waals surface area contributed by atoms with E-state index in [1.165, 1.54) is 12.1 Å². The number of nitrogens with zero attached hydrogens (tertiary/aromatic N) is 1. The predicted octanol–water partition coefficient (Wildman–Crippen LogP) is 3.38. The minimum atomic E-state index is -0.564. The summed E-state index contributed by atoms with van der Waals surface area (Å²) < 4.78 is 26.1. The second kappa shape index (κ2) is 6.46. The van der Waals surface area contributed by atoms with Crippen molar-refractivity contribution in [2.45, 2.75) is 33.2 Å². The number of nitriles is 1. The van der Waals surface area contributed by atoms with Gasteiger partial charge in [0.25, 0.3) is 0 Å². The molecule has 0 heterocycles. The van der Waals surface area contributed by atoms with Crippen molar-refractivity contribution in [1.29, 1.82) is 5.26 Å². The van der Waals surface area contributed by atoms with E-state index in [0.717, 1.165) is 12.5 Å². The molecule has 0 aliphatic heterocycles. The zero-order chi connectivity index (χ0) is 13.6. The molecule has 0 saturated heterocycles. The molecule has 0 atom stereocenters. The van der Waals surface area contributed by atoms with Crippen molar-refractivity contribution in [3.8, 4) is 6.07 Å². The van der Waals surface area contributed by atoms with Gasteiger partial charge >= 0.3 is 0 Å². The fourth-order valence-corrected chi connectivity index (χ4v) is 1.68. The number of benzene rings is 1. The third-order valence-electron chi connectivity index (χ3n) is 2.85. The lowest BCUT2D eigenvalue weighted by Crippen LogP contribution is -2.29. The molecule has 0 radical (unpaired) electrons. The molecule has 0 saturated carbocycles. The molecule has 1 N–H and O–H groups in total. The lowest BCUT2D eigenvalue weighted by Gasteiger charge is -2.23. The van der Waals surface area contributed by atoms with E-state index in [0.29, 0.717) is 25.1 Å². The first-order chi connectivity index (χ1) is 8.44. The van der Waals surface area contributed by atoms with E-state index in [4.69, 9.17) is 5.26 Å². The molecule has 0 fully saturated rings. The predicted molar refractivity (Wildman–Crippen MR) is 66.7 cm³/mol. The number of rotatable bonds is 6. The monoisotopic (exact) mass is 252 g/mol. The first-order valence-corrected chi connectivity index (χ1v) is 5.96. The highest BCUT2D eigenvalue weighted by atomic mass is 19.1. The van der Waals surface area contributed by atoms with Gasteiger partial charge in [0.15, 0.2) is 0 Å². The van der Waals surface area contributed by atoms with Gasteiger partial charge < -0.3 is 5.32 Å². The molecule has 0 aliphatic rings. The van der Waals surface area contributed by atoms with E-state index in [-0.39, 0.29) is 5.41 Å². The summed E-state index contributed by atoms with van der Waals surface area (Å²) in [6.07, 6.45) is 1.31. The minimum Gasteiger partial charge on any atom is -0.312 e. The smallest absolute Gasteiger partial charge is 0.130 e. The second-order valence-corrected chi connectivity index (χ2v) is 5.16. The third-order valence-corrected chi connectivity index (χ3v) is 2.85. The molecule has 0 aliphatic carbocycles. The standard InChI is InChI=1S/C14H18F2N2/c1-14(2,6-3-7-17)10-18-9-11-4-5-12(15)8-13(11)16/h4-5,8,18H,3,6,9-10H2,1-2H3. The largest absolute Gasteiger partial charge is 0.312 e. The summed E-state index contributed by atoms with van der Waals surface area (Å²) in [7, 11) is 0. The Morgan fingerprint density at radius 1 is 1.33 bits per heavy atom. The van der Waals surface area contributed by atoms with Crippen molar-refractivity contribution in [1.82, 2.24) is 5.32 Å². The molecular formula is C14H18F2N2. The van der Waals surface area contributed by atoms with Gasteiger partial charge in [0.1, 0.15) is 11.6 Å². The van der Waals surface area contributed by atoms with Gasteiger partial charge in [-0.1, -0.05) is 19.9 Å². The van der Waals surface area contributed by atoms with Crippen LogP contribution in [0.15, 0.2) is 18.2 Å². The van der Waals surface area contributed by atoms with E-state index in [9.17, 15) is 8.78 Å². The lowest BCUT2D eigenvalue weighted by molar-refractivity contribution is 0.316. The van der Waals surface area contributed by atoms with Crippen molar-refractivity contribution in [3.05, 3.63) is 35.4 Å². The van der Waals surface area contributed by atoms with Crippen LogP contribution in [0.3, 0.4) is 0 Å². The molecule has 98 valence electrons. The van der Waals surface area contributed by atoms with E-state index in [2.05, 4.69) is 25.2 Å². The first-order valence-electron chi connectivity index (χ1n) is 5.96. The van der Waals surface area contributed by atoms with Gasteiger partial charge in [-0.25, -0.2) is 8.78 Å². The molecule has 1 rings (SSSR count). The van der Waals surface area contributed by atoms with Crippen LogP contribution in [0.4, 0.5) is 8.78 Å². The molecule has 0 bridgehead atoms. The summed E-state index contributed by atoms with van der Waals surface area (Å²) in [6, 6.07) is 5.70. The van der Waals surface area contributed by atoms with Crippen molar-refractivity contribution in [2.24, 2.45) is 5.41 Å². The van der Waals surface area contributed by atoms with E-state index in [1.807, 2.05) is 0 Å². The van der Waals surface area contributed by atoms with Gasteiger partial charge in [-0.3, -0.25) is 0 Å². The van der Waals surface area contributed by atoms with E-state index >= 15 is 0 Å². The zero-order valence-electron chi connectivity index (χ0n) is 10.8. The fourth-order valence-electron chi connectivity index (χ4n) is 1.68. The van der Waals surface area contributed by atoms with Crippen LogP contribution in [0.5, 0.6) is 0 Å².